The molecule has 0 saturated heterocycles. The molecule has 3 aromatic rings. The van der Waals surface area contributed by atoms with Gasteiger partial charge in [-0.2, -0.15) is 0 Å². The summed E-state index contributed by atoms with van der Waals surface area (Å²) >= 11 is 1.61. The molecular formula is C16H15N3S. The monoisotopic (exact) mass is 281 g/mol. The summed E-state index contributed by atoms with van der Waals surface area (Å²) in [7, 11) is 0. The average molecular weight is 281 g/mol. The molecular weight excluding hydrogens is 266 g/mol. The molecule has 20 heavy (non-hydrogen) atoms. The fourth-order valence-corrected chi connectivity index (χ4v) is 3.00. The van der Waals surface area contributed by atoms with Gasteiger partial charge in [-0.1, -0.05) is 31.2 Å². The van der Waals surface area contributed by atoms with Gasteiger partial charge < -0.3 is 5.73 Å². The second kappa shape index (κ2) is 5.43. The van der Waals surface area contributed by atoms with Crippen molar-refractivity contribution in [1.29, 1.82) is 0 Å². The molecule has 2 N–H and O–H groups in total. The molecule has 0 unspecified atom stereocenters. The van der Waals surface area contributed by atoms with E-state index in [2.05, 4.69) is 18.0 Å². The zero-order chi connectivity index (χ0) is 13.9. The molecule has 4 heteroatoms. The smallest absolute Gasteiger partial charge is 0.142 e. The molecule has 3 rings (SSSR count). The number of rotatable bonds is 3. The first-order chi connectivity index (χ1) is 9.79. The highest BCUT2D eigenvalue weighted by Gasteiger charge is 2.11. The standard InChI is InChI=1S/C16H15N3S/c1-2-11-6-5-9-18-15(11)16-19-14(10-20-16)12-7-3-4-8-13(12)17/h3-10H,2,17H2,1H3. The Morgan fingerprint density at radius 1 is 1.15 bits per heavy atom. The summed E-state index contributed by atoms with van der Waals surface area (Å²) in [5.41, 5.74) is 10.8. The first-order valence-corrected chi connectivity index (χ1v) is 7.42. The van der Waals surface area contributed by atoms with Gasteiger partial charge in [-0.25, -0.2) is 4.98 Å². The van der Waals surface area contributed by atoms with Crippen LogP contribution in [0.15, 0.2) is 48.0 Å². The summed E-state index contributed by atoms with van der Waals surface area (Å²) in [5.74, 6) is 0. The Bertz CT molecular complexity index is 734. The molecule has 2 aromatic heterocycles. The molecule has 0 aliphatic carbocycles. The molecule has 0 spiro atoms. The number of thiazole rings is 1. The predicted octanol–water partition coefficient (Wildman–Crippen LogP) is 4.02. The van der Waals surface area contributed by atoms with Crippen LogP contribution in [-0.2, 0) is 6.42 Å². The number of nitrogens with two attached hydrogens (primary N) is 1. The number of nitrogens with zero attached hydrogens (tertiary/aromatic N) is 2. The summed E-state index contributed by atoms with van der Waals surface area (Å²) in [6.07, 6.45) is 2.76. The highest BCUT2D eigenvalue weighted by molar-refractivity contribution is 7.13. The van der Waals surface area contributed by atoms with Crippen LogP contribution in [-0.4, -0.2) is 9.97 Å². The third-order valence-electron chi connectivity index (χ3n) is 3.22. The van der Waals surface area contributed by atoms with Crippen molar-refractivity contribution in [3.63, 3.8) is 0 Å². The maximum Gasteiger partial charge on any atom is 0.142 e. The number of aromatic nitrogens is 2. The van der Waals surface area contributed by atoms with Crippen LogP contribution in [0.2, 0.25) is 0 Å². The molecule has 2 heterocycles. The second-order valence-electron chi connectivity index (χ2n) is 4.49. The van der Waals surface area contributed by atoms with Crippen molar-refractivity contribution >= 4 is 17.0 Å². The van der Waals surface area contributed by atoms with Crippen LogP contribution in [0.5, 0.6) is 0 Å². The lowest BCUT2D eigenvalue weighted by molar-refractivity contribution is 1.10. The van der Waals surface area contributed by atoms with Crippen molar-refractivity contribution < 1.29 is 0 Å². The number of para-hydroxylation sites is 1. The van der Waals surface area contributed by atoms with E-state index < -0.39 is 0 Å². The summed E-state index contributed by atoms with van der Waals surface area (Å²) in [6, 6.07) is 11.9. The van der Waals surface area contributed by atoms with E-state index in [0.717, 1.165) is 34.1 Å². The Labute approximate surface area is 122 Å². The minimum absolute atomic E-state index is 0.751. The van der Waals surface area contributed by atoms with E-state index in [0.29, 0.717) is 0 Å². The lowest BCUT2D eigenvalue weighted by atomic mass is 10.1. The zero-order valence-electron chi connectivity index (χ0n) is 11.2. The number of anilines is 1. The summed E-state index contributed by atoms with van der Waals surface area (Å²) in [5, 5.41) is 2.98. The van der Waals surface area contributed by atoms with Gasteiger partial charge >= 0.3 is 0 Å². The molecule has 0 amide bonds. The van der Waals surface area contributed by atoms with Gasteiger partial charge in [0.25, 0.3) is 0 Å². The van der Waals surface area contributed by atoms with Gasteiger partial charge in [0.2, 0.25) is 0 Å². The molecule has 0 aliphatic rings. The van der Waals surface area contributed by atoms with Crippen molar-refractivity contribution in [2.45, 2.75) is 13.3 Å². The lowest BCUT2D eigenvalue weighted by Crippen LogP contribution is -1.92. The third-order valence-corrected chi connectivity index (χ3v) is 4.06. The van der Waals surface area contributed by atoms with Crippen LogP contribution in [0.3, 0.4) is 0 Å². The normalized spacial score (nSPS) is 10.7. The molecule has 0 saturated carbocycles. The van der Waals surface area contributed by atoms with E-state index in [1.165, 1.54) is 5.56 Å². The minimum Gasteiger partial charge on any atom is -0.398 e. The van der Waals surface area contributed by atoms with E-state index in [9.17, 15) is 0 Å². The SMILES string of the molecule is CCc1cccnc1-c1nc(-c2ccccc2N)cs1. The van der Waals surface area contributed by atoms with Crippen molar-refractivity contribution in [2.24, 2.45) is 0 Å². The van der Waals surface area contributed by atoms with E-state index in [1.54, 1.807) is 11.3 Å². The Morgan fingerprint density at radius 2 is 2.00 bits per heavy atom. The fourth-order valence-electron chi connectivity index (χ4n) is 2.15. The molecule has 0 radical (unpaired) electrons. The van der Waals surface area contributed by atoms with Crippen LogP contribution < -0.4 is 5.73 Å². The van der Waals surface area contributed by atoms with Crippen LogP contribution in [0, 0.1) is 0 Å². The van der Waals surface area contributed by atoms with Gasteiger partial charge in [-0.15, -0.1) is 11.3 Å². The topological polar surface area (TPSA) is 51.8 Å². The molecule has 0 aliphatic heterocycles. The summed E-state index contributed by atoms with van der Waals surface area (Å²) in [4.78, 5) is 9.16. The maximum absolute atomic E-state index is 6.01. The Balaban J connectivity index is 2.05. The largest absolute Gasteiger partial charge is 0.398 e. The summed E-state index contributed by atoms with van der Waals surface area (Å²) in [6.45, 7) is 2.13. The van der Waals surface area contributed by atoms with Gasteiger partial charge in [-0.3, -0.25) is 4.98 Å². The van der Waals surface area contributed by atoms with Crippen molar-refractivity contribution in [2.75, 3.05) is 5.73 Å². The van der Waals surface area contributed by atoms with Crippen LogP contribution in [0.25, 0.3) is 22.0 Å². The van der Waals surface area contributed by atoms with Crippen molar-refractivity contribution in [3.8, 4) is 22.0 Å². The number of hydrogen-bond donors (Lipinski definition) is 1. The van der Waals surface area contributed by atoms with E-state index in [4.69, 9.17) is 10.7 Å². The van der Waals surface area contributed by atoms with Crippen molar-refractivity contribution in [1.82, 2.24) is 9.97 Å². The number of benzene rings is 1. The molecule has 0 bridgehead atoms. The quantitative estimate of drug-likeness (QED) is 0.738. The number of aryl methyl sites for hydroxylation is 1. The van der Waals surface area contributed by atoms with Gasteiger partial charge in [-0.05, 0) is 24.1 Å². The molecule has 3 nitrogen and oxygen atoms in total. The van der Waals surface area contributed by atoms with Crippen LogP contribution in [0.4, 0.5) is 5.69 Å². The molecule has 1 aromatic carbocycles. The Hall–Kier alpha value is -2.20. The Morgan fingerprint density at radius 3 is 2.80 bits per heavy atom. The average Bonchev–Trinajstić information content (AvgIpc) is 2.97. The predicted molar refractivity (Wildman–Crippen MR) is 84.6 cm³/mol. The van der Waals surface area contributed by atoms with Gasteiger partial charge in [0.05, 0.1) is 5.69 Å². The van der Waals surface area contributed by atoms with Gasteiger partial charge in [0.15, 0.2) is 0 Å². The number of nitrogen functional groups attached to an aromatic ring is 1. The molecule has 0 fully saturated rings. The van der Waals surface area contributed by atoms with Crippen LogP contribution >= 0.6 is 11.3 Å². The second-order valence-corrected chi connectivity index (χ2v) is 5.35. The number of pyridine rings is 1. The van der Waals surface area contributed by atoms with Crippen LogP contribution in [0.1, 0.15) is 12.5 Å². The maximum atomic E-state index is 6.01. The molecule has 100 valence electrons. The minimum atomic E-state index is 0.751. The third kappa shape index (κ3) is 2.30. The highest BCUT2D eigenvalue weighted by Crippen LogP contribution is 2.31. The number of hydrogen-bond acceptors (Lipinski definition) is 4. The highest BCUT2D eigenvalue weighted by atomic mass is 32.1. The van der Waals surface area contributed by atoms with E-state index in [1.807, 2.05) is 41.9 Å². The van der Waals surface area contributed by atoms with E-state index >= 15 is 0 Å². The lowest BCUT2D eigenvalue weighted by Gasteiger charge is -2.03. The van der Waals surface area contributed by atoms with E-state index in [-0.39, 0.29) is 0 Å². The van der Waals surface area contributed by atoms with Gasteiger partial charge in [0.1, 0.15) is 10.7 Å². The first kappa shape index (κ1) is 12.8. The van der Waals surface area contributed by atoms with Gasteiger partial charge in [0, 0.05) is 22.8 Å². The molecule has 0 atom stereocenters. The first-order valence-electron chi connectivity index (χ1n) is 6.54. The Kier molecular flexibility index (Phi) is 3.48. The zero-order valence-corrected chi connectivity index (χ0v) is 12.0. The fraction of sp³-hybridized carbons (Fsp3) is 0.125. The van der Waals surface area contributed by atoms with Crippen molar-refractivity contribution in [3.05, 3.63) is 53.5 Å². The summed E-state index contributed by atoms with van der Waals surface area (Å²) < 4.78 is 0.